The van der Waals surface area contributed by atoms with Crippen molar-refractivity contribution in [2.75, 3.05) is 19.6 Å². The Labute approximate surface area is 109 Å². The van der Waals surface area contributed by atoms with Crippen molar-refractivity contribution in [3.63, 3.8) is 0 Å². The van der Waals surface area contributed by atoms with Gasteiger partial charge in [-0.3, -0.25) is 0 Å². The summed E-state index contributed by atoms with van der Waals surface area (Å²) in [7, 11) is 0. The summed E-state index contributed by atoms with van der Waals surface area (Å²) in [5.74, 6) is 1.82. The lowest BCUT2D eigenvalue weighted by atomic mass is 9.76. The van der Waals surface area contributed by atoms with Gasteiger partial charge in [-0.15, -0.1) is 0 Å². The largest absolute Gasteiger partial charge is 0.303 e. The zero-order chi connectivity index (χ0) is 12.9. The van der Waals surface area contributed by atoms with Crippen LogP contribution < -0.4 is 0 Å². The summed E-state index contributed by atoms with van der Waals surface area (Å²) in [6.07, 6.45) is 7.13. The van der Waals surface area contributed by atoms with Crippen molar-refractivity contribution < 1.29 is 0 Å². The summed E-state index contributed by atoms with van der Waals surface area (Å²) >= 11 is 0. The first-order chi connectivity index (χ1) is 7.89. The first kappa shape index (κ1) is 15.0. The Morgan fingerprint density at radius 2 is 1.59 bits per heavy atom. The lowest BCUT2D eigenvalue weighted by molar-refractivity contribution is 0.0238. The average molecular weight is 239 g/mol. The first-order valence-corrected chi connectivity index (χ1v) is 7.62. The molecular weight excluding hydrogens is 206 g/mol. The molecule has 102 valence electrons. The molecule has 0 unspecified atom stereocenters. The zero-order valence-corrected chi connectivity index (χ0v) is 12.8. The van der Waals surface area contributed by atoms with Gasteiger partial charge in [0.25, 0.3) is 0 Å². The first-order valence-electron chi connectivity index (χ1n) is 7.62. The van der Waals surface area contributed by atoms with E-state index in [2.05, 4.69) is 39.5 Å². The molecule has 1 fully saturated rings. The van der Waals surface area contributed by atoms with Gasteiger partial charge in [-0.2, -0.15) is 0 Å². The molecule has 0 amide bonds. The van der Waals surface area contributed by atoms with Crippen LogP contribution in [0.25, 0.3) is 0 Å². The van der Waals surface area contributed by atoms with Crippen LogP contribution in [0.1, 0.15) is 66.7 Å². The molecule has 0 aliphatic carbocycles. The number of hydrogen-bond acceptors (Lipinski definition) is 1. The predicted octanol–water partition coefficient (Wildman–Crippen LogP) is 4.57. The lowest BCUT2D eigenvalue weighted by Crippen LogP contribution is -2.52. The maximum atomic E-state index is 2.64. The summed E-state index contributed by atoms with van der Waals surface area (Å²) in [6, 6.07) is 0. The van der Waals surface area contributed by atoms with Gasteiger partial charge in [-0.05, 0) is 30.2 Å². The van der Waals surface area contributed by atoms with Crippen molar-refractivity contribution in [3.8, 4) is 0 Å². The van der Waals surface area contributed by atoms with E-state index in [9.17, 15) is 0 Å². The molecule has 1 heteroatoms. The molecule has 1 aliphatic rings. The third kappa shape index (κ3) is 5.90. The number of nitrogens with zero attached hydrogens (tertiary/aromatic N) is 1. The maximum absolute atomic E-state index is 2.64. The molecule has 1 saturated heterocycles. The normalized spacial score (nSPS) is 18.7. The number of unbranched alkanes of at least 4 members (excludes halogenated alkanes) is 3. The lowest BCUT2D eigenvalue weighted by Gasteiger charge is -2.46. The molecule has 0 aromatic heterocycles. The Morgan fingerprint density at radius 1 is 1.00 bits per heavy atom. The fourth-order valence-electron chi connectivity index (χ4n) is 2.54. The van der Waals surface area contributed by atoms with E-state index in [4.69, 9.17) is 0 Å². The van der Waals surface area contributed by atoms with Gasteiger partial charge in [0, 0.05) is 13.1 Å². The van der Waals surface area contributed by atoms with Gasteiger partial charge in [-0.25, -0.2) is 0 Å². The van der Waals surface area contributed by atoms with Gasteiger partial charge >= 0.3 is 0 Å². The zero-order valence-electron chi connectivity index (χ0n) is 12.8. The summed E-state index contributed by atoms with van der Waals surface area (Å²) in [5.41, 5.74) is 0.522. The van der Waals surface area contributed by atoms with Crippen LogP contribution in [0.15, 0.2) is 0 Å². The monoisotopic (exact) mass is 239 g/mol. The van der Waals surface area contributed by atoms with Gasteiger partial charge in [-0.1, -0.05) is 60.3 Å². The highest BCUT2D eigenvalue weighted by molar-refractivity contribution is 4.87. The molecule has 1 aliphatic heterocycles. The van der Waals surface area contributed by atoms with E-state index in [0.29, 0.717) is 5.41 Å². The van der Waals surface area contributed by atoms with Crippen molar-refractivity contribution >= 4 is 0 Å². The van der Waals surface area contributed by atoms with E-state index in [0.717, 1.165) is 11.8 Å². The molecule has 0 spiro atoms. The highest BCUT2D eigenvalue weighted by atomic mass is 15.2. The van der Waals surface area contributed by atoms with E-state index in [1.807, 2.05) is 0 Å². The smallest absolute Gasteiger partial charge is 0.00270 e. The van der Waals surface area contributed by atoms with Gasteiger partial charge in [0.2, 0.25) is 0 Å². The highest BCUT2D eigenvalue weighted by Crippen LogP contribution is 2.33. The summed E-state index contributed by atoms with van der Waals surface area (Å²) < 4.78 is 0. The molecule has 1 heterocycles. The molecular formula is C16H33N. The molecule has 17 heavy (non-hydrogen) atoms. The summed E-state index contributed by atoms with van der Waals surface area (Å²) in [4.78, 5) is 2.64. The molecule has 0 aromatic carbocycles. The number of rotatable bonds is 7. The third-order valence-corrected chi connectivity index (χ3v) is 4.19. The minimum absolute atomic E-state index is 0.522. The van der Waals surface area contributed by atoms with Gasteiger partial charge < -0.3 is 4.90 Å². The van der Waals surface area contributed by atoms with Gasteiger partial charge in [0.1, 0.15) is 0 Å². The minimum atomic E-state index is 0.522. The van der Waals surface area contributed by atoms with Crippen LogP contribution in [0.2, 0.25) is 0 Å². The van der Waals surface area contributed by atoms with Crippen molar-refractivity contribution in [3.05, 3.63) is 0 Å². The van der Waals surface area contributed by atoms with E-state index in [-0.39, 0.29) is 0 Å². The second-order valence-electron chi connectivity index (χ2n) is 7.42. The van der Waals surface area contributed by atoms with Crippen LogP contribution in [-0.2, 0) is 0 Å². The van der Waals surface area contributed by atoms with Gasteiger partial charge in [0.05, 0.1) is 0 Å². The minimum Gasteiger partial charge on any atom is -0.303 e. The molecule has 0 N–H and O–H groups in total. The Balaban J connectivity index is 1.90. The van der Waals surface area contributed by atoms with Crippen molar-refractivity contribution in [1.82, 2.24) is 4.90 Å². The molecule has 0 radical (unpaired) electrons. The van der Waals surface area contributed by atoms with Crippen molar-refractivity contribution in [2.45, 2.75) is 66.7 Å². The van der Waals surface area contributed by atoms with Crippen LogP contribution in [0.4, 0.5) is 0 Å². The average Bonchev–Trinajstić information content (AvgIpc) is 2.10. The van der Waals surface area contributed by atoms with Crippen molar-refractivity contribution in [2.24, 2.45) is 17.3 Å². The van der Waals surface area contributed by atoms with E-state index in [1.165, 1.54) is 51.7 Å². The summed E-state index contributed by atoms with van der Waals surface area (Å²) in [5, 5.41) is 0. The third-order valence-electron chi connectivity index (χ3n) is 4.19. The van der Waals surface area contributed by atoms with Crippen LogP contribution in [0.5, 0.6) is 0 Å². The van der Waals surface area contributed by atoms with E-state index in [1.54, 1.807) is 0 Å². The van der Waals surface area contributed by atoms with Crippen molar-refractivity contribution in [1.29, 1.82) is 0 Å². The predicted molar refractivity (Wildman–Crippen MR) is 77.3 cm³/mol. The Morgan fingerprint density at radius 3 is 2.12 bits per heavy atom. The SMILES string of the molecule is CC(C)CCCCCCN1CC(C(C)(C)C)C1. The van der Waals surface area contributed by atoms with E-state index < -0.39 is 0 Å². The number of likely N-dealkylation sites (tertiary alicyclic amines) is 1. The molecule has 1 rings (SSSR count). The number of hydrogen-bond donors (Lipinski definition) is 0. The van der Waals surface area contributed by atoms with Crippen LogP contribution in [0, 0.1) is 17.3 Å². The standard InChI is InChI=1S/C16H33N/c1-14(2)10-8-6-7-9-11-17-12-15(13-17)16(3,4)5/h14-15H,6-13H2,1-5H3. The second kappa shape index (κ2) is 6.78. The molecule has 0 bridgehead atoms. The fraction of sp³-hybridized carbons (Fsp3) is 1.00. The Kier molecular flexibility index (Phi) is 5.99. The second-order valence-corrected chi connectivity index (χ2v) is 7.42. The molecule has 0 aromatic rings. The molecule has 0 atom stereocenters. The Bertz CT molecular complexity index is 196. The summed E-state index contributed by atoms with van der Waals surface area (Å²) in [6.45, 7) is 15.8. The Hall–Kier alpha value is -0.0400. The maximum Gasteiger partial charge on any atom is 0.00270 e. The highest BCUT2D eigenvalue weighted by Gasteiger charge is 2.34. The quantitative estimate of drug-likeness (QED) is 0.588. The fourth-order valence-corrected chi connectivity index (χ4v) is 2.54. The van der Waals surface area contributed by atoms with Crippen LogP contribution >= 0.6 is 0 Å². The van der Waals surface area contributed by atoms with Gasteiger partial charge in [0.15, 0.2) is 0 Å². The van der Waals surface area contributed by atoms with Crippen LogP contribution in [-0.4, -0.2) is 24.5 Å². The topological polar surface area (TPSA) is 3.24 Å². The molecule has 0 saturated carbocycles. The van der Waals surface area contributed by atoms with Crippen LogP contribution in [0.3, 0.4) is 0 Å². The molecule has 1 nitrogen and oxygen atoms in total. The van der Waals surface area contributed by atoms with E-state index >= 15 is 0 Å².